The topological polar surface area (TPSA) is 75.7 Å². The molecule has 128 valence electrons. The van der Waals surface area contributed by atoms with Gasteiger partial charge in [0.15, 0.2) is 6.10 Å². The van der Waals surface area contributed by atoms with Crippen molar-refractivity contribution in [1.82, 2.24) is 9.62 Å². The SMILES string of the molecule is C[C@H](Oc1cccc(F)c1)C(=O)N1CCC[C@H](NS(C)(=O)=O)C1. The van der Waals surface area contributed by atoms with Gasteiger partial charge in [-0.05, 0) is 31.9 Å². The van der Waals surface area contributed by atoms with Gasteiger partial charge in [0.1, 0.15) is 11.6 Å². The van der Waals surface area contributed by atoms with Crippen LogP contribution in [0.5, 0.6) is 5.75 Å². The van der Waals surface area contributed by atoms with Gasteiger partial charge in [-0.3, -0.25) is 4.79 Å². The molecule has 0 unspecified atom stereocenters. The number of sulfonamides is 1. The van der Waals surface area contributed by atoms with Gasteiger partial charge in [0.25, 0.3) is 5.91 Å². The summed E-state index contributed by atoms with van der Waals surface area (Å²) < 4.78 is 43.8. The Kier molecular flexibility index (Phi) is 5.59. The van der Waals surface area contributed by atoms with Gasteiger partial charge >= 0.3 is 0 Å². The molecule has 1 saturated heterocycles. The molecule has 0 aromatic heterocycles. The van der Waals surface area contributed by atoms with E-state index in [2.05, 4.69) is 4.72 Å². The Morgan fingerprint density at radius 2 is 2.22 bits per heavy atom. The predicted molar refractivity (Wildman–Crippen MR) is 84.1 cm³/mol. The molecule has 1 aromatic carbocycles. The number of amides is 1. The summed E-state index contributed by atoms with van der Waals surface area (Å²) in [5, 5.41) is 0. The Morgan fingerprint density at radius 1 is 1.48 bits per heavy atom. The summed E-state index contributed by atoms with van der Waals surface area (Å²) in [4.78, 5) is 14.0. The summed E-state index contributed by atoms with van der Waals surface area (Å²) in [5.41, 5.74) is 0. The van der Waals surface area contributed by atoms with Gasteiger partial charge in [0, 0.05) is 25.2 Å². The first-order valence-corrected chi connectivity index (χ1v) is 9.32. The van der Waals surface area contributed by atoms with Crippen molar-refractivity contribution in [2.45, 2.75) is 31.9 Å². The minimum absolute atomic E-state index is 0.241. The lowest BCUT2D eigenvalue weighted by Crippen LogP contribution is -2.52. The molecule has 2 atom stereocenters. The highest BCUT2D eigenvalue weighted by Gasteiger charge is 2.29. The molecule has 2 rings (SSSR count). The number of hydrogen-bond acceptors (Lipinski definition) is 4. The number of halogens is 1. The molecule has 8 heteroatoms. The van der Waals surface area contributed by atoms with Crippen molar-refractivity contribution in [2.24, 2.45) is 0 Å². The second kappa shape index (κ2) is 7.27. The van der Waals surface area contributed by atoms with Crippen molar-refractivity contribution in [2.75, 3.05) is 19.3 Å². The van der Waals surface area contributed by atoms with Crippen LogP contribution in [0, 0.1) is 5.82 Å². The van der Waals surface area contributed by atoms with Gasteiger partial charge in [-0.1, -0.05) is 6.07 Å². The number of benzene rings is 1. The third-order valence-corrected chi connectivity index (χ3v) is 4.33. The first-order valence-electron chi connectivity index (χ1n) is 7.43. The molecule has 1 aliphatic heterocycles. The largest absolute Gasteiger partial charge is 0.481 e. The monoisotopic (exact) mass is 344 g/mol. The number of rotatable bonds is 5. The average molecular weight is 344 g/mol. The van der Waals surface area contributed by atoms with Crippen molar-refractivity contribution in [3.8, 4) is 5.75 Å². The summed E-state index contributed by atoms with van der Waals surface area (Å²) in [5.74, 6) is -0.388. The Balaban J connectivity index is 1.96. The molecule has 0 spiro atoms. The van der Waals surface area contributed by atoms with Crippen molar-refractivity contribution in [3.63, 3.8) is 0 Å². The zero-order valence-corrected chi connectivity index (χ0v) is 14.0. The third-order valence-electron chi connectivity index (χ3n) is 3.57. The predicted octanol–water partition coefficient (Wildman–Crippen LogP) is 1.13. The maximum atomic E-state index is 13.1. The molecule has 0 radical (unpaired) electrons. The maximum absolute atomic E-state index is 13.1. The van der Waals surface area contributed by atoms with Gasteiger partial charge in [-0.15, -0.1) is 0 Å². The number of likely N-dealkylation sites (tertiary alicyclic amines) is 1. The molecule has 0 bridgehead atoms. The Bertz CT molecular complexity index is 665. The van der Waals surface area contributed by atoms with Gasteiger partial charge in [-0.25, -0.2) is 17.5 Å². The molecule has 1 heterocycles. The van der Waals surface area contributed by atoms with Gasteiger partial charge in [0.05, 0.1) is 6.26 Å². The van der Waals surface area contributed by atoms with Gasteiger partial charge < -0.3 is 9.64 Å². The van der Waals surface area contributed by atoms with E-state index < -0.39 is 21.9 Å². The van der Waals surface area contributed by atoms with E-state index in [1.807, 2.05) is 0 Å². The average Bonchev–Trinajstić information content (AvgIpc) is 2.45. The maximum Gasteiger partial charge on any atom is 0.263 e. The van der Waals surface area contributed by atoms with Gasteiger partial charge in [0.2, 0.25) is 10.0 Å². The number of piperidine rings is 1. The second-order valence-electron chi connectivity index (χ2n) is 5.73. The standard InChI is InChI=1S/C15H21FN2O4S/c1-11(22-14-7-3-5-12(16)9-14)15(19)18-8-4-6-13(10-18)17-23(2,20)21/h3,5,7,9,11,13,17H,4,6,8,10H2,1-2H3/t11-,13-/m0/s1. The Labute approximate surface area is 135 Å². The summed E-state index contributed by atoms with van der Waals surface area (Å²) in [7, 11) is -3.31. The molecular weight excluding hydrogens is 323 g/mol. The molecule has 1 aromatic rings. The summed E-state index contributed by atoms with van der Waals surface area (Å²) in [6.07, 6.45) is 1.74. The molecular formula is C15H21FN2O4S. The summed E-state index contributed by atoms with van der Waals surface area (Å²) in [6, 6.07) is 5.31. The quantitative estimate of drug-likeness (QED) is 0.869. The lowest BCUT2D eigenvalue weighted by molar-refractivity contribution is -0.139. The number of hydrogen-bond donors (Lipinski definition) is 1. The Morgan fingerprint density at radius 3 is 2.87 bits per heavy atom. The van der Waals surface area contributed by atoms with Crippen LogP contribution >= 0.6 is 0 Å². The first-order chi connectivity index (χ1) is 10.7. The van der Waals surface area contributed by atoms with Crippen LogP contribution in [0.15, 0.2) is 24.3 Å². The van der Waals surface area contributed by atoms with E-state index in [9.17, 15) is 17.6 Å². The zero-order chi connectivity index (χ0) is 17.0. The van der Waals surface area contributed by atoms with Crippen LogP contribution in [0.1, 0.15) is 19.8 Å². The summed E-state index contributed by atoms with van der Waals surface area (Å²) >= 11 is 0. The fraction of sp³-hybridized carbons (Fsp3) is 0.533. The van der Waals surface area contributed by atoms with Crippen molar-refractivity contribution >= 4 is 15.9 Å². The van der Waals surface area contributed by atoms with Gasteiger partial charge in [-0.2, -0.15) is 0 Å². The highest BCUT2D eigenvalue weighted by Crippen LogP contribution is 2.17. The molecule has 0 aliphatic carbocycles. The van der Waals surface area contributed by atoms with E-state index in [0.717, 1.165) is 6.26 Å². The van der Waals surface area contributed by atoms with Crippen molar-refractivity contribution in [3.05, 3.63) is 30.1 Å². The van der Waals surface area contributed by atoms with Crippen LogP contribution < -0.4 is 9.46 Å². The molecule has 1 aliphatic rings. The van der Waals surface area contributed by atoms with Crippen molar-refractivity contribution < 1.29 is 22.3 Å². The lowest BCUT2D eigenvalue weighted by atomic mass is 10.1. The molecule has 23 heavy (non-hydrogen) atoms. The van der Waals surface area contributed by atoms with Crippen LogP contribution in [-0.2, 0) is 14.8 Å². The number of nitrogens with zero attached hydrogens (tertiary/aromatic N) is 1. The number of carbonyl (C=O) groups excluding carboxylic acids is 1. The molecule has 1 fully saturated rings. The minimum atomic E-state index is -3.31. The molecule has 1 amide bonds. The minimum Gasteiger partial charge on any atom is -0.481 e. The van der Waals surface area contributed by atoms with E-state index in [-0.39, 0.29) is 17.7 Å². The Hall–Kier alpha value is -1.67. The van der Waals surface area contributed by atoms with Crippen LogP contribution in [-0.4, -0.2) is 50.7 Å². The van der Waals surface area contributed by atoms with Crippen molar-refractivity contribution in [1.29, 1.82) is 0 Å². The fourth-order valence-electron chi connectivity index (χ4n) is 2.63. The highest BCUT2D eigenvalue weighted by atomic mass is 32.2. The fourth-order valence-corrected chi connectivity index (χ4v) is 3.43. The number of carbonyl (C=O) groups is 1. The van der Waals surface area contributed by atoms with E-state index in [1.54, 1.807) is 17.9 Å². The van der Waals surface area contributed by atoms with E-state index >= 15 is 0 Å². The number of nitrogens with one attached hydrogen (secondary N) is 1. The molecule has 0 saturated carbocycles. The van der Waals surface area contributed by atoms with Crippen LogP contribution in [0.2, 0.25) is 0 Å². The summed E-state index contributed by atoms with van der Waals surface area (Å²) in [6.45, 7) is 2.46. The lowest BCUT2D eigenvalue weighted by Gasteiger charge is -2.34. The zero-order valence-electron chi connectivity index (χ0n) is 13.2. The molecule has 1 N–H and O–H groups in total. The third kappa shape index (κ3) is 5.47. The van der Waals surface area contributed by atoms with Crippen LogP contribution in [0.3, 0.4) is 0 Å². The van der Waals surface area contributed by atoms with E-state index in [1.165, 1.54) is 18.2 Å². The smallest absolute Gasteiger partial charge is 0.263 e. The van der Waals surface area contributed by atoms with Crippen LogP contribution in [0.4, 0.5) is 4.39 Å². The van der Waals surface area contributed by atoms with Crippen LogP contribution in [0.25, 0.3) is 0 Å². The van der Waals surface area contributed by atoms with E-state index in [4.69, 9.17) is 4.74 Å². The normalized spacial score (nSPS) is 20.1. The second-order valence-corrected chi connectivity index (χ2v) is 7.51. The highest BCUT2D eigenvalue weighted by molar-refractivity contribution is 7.88. The number of ether oxygens (including phenoxy) is 1. The van der Waals surface area contributed by atoms with E-state index in [0.29, 0.717) is 25.9 Å². The first kappa shape index (κ1) is 17.7. The molecule has 6 nitrogen and oxygen atoms in total.